The zero-order chi connectivity index (χ0) is 27.4. The van der Waals surface area contributed by atoms with E-state index in [0.29, 0.717) is 52.1 Å². The average molecular weight is 556 g/mol. The predicted octanol–water partition coefficient (Wildman–Crippen LogP) is 4.15. The van der Waals surface area contributed by atoms with Crippen molar-refractivity contribution in [1.29, 1.82) is 0 Å². The van der Waals surface area contributed by atoms with E-state index in [1.165, 1.54) is 0 Å². The number of H-pyrrole nitrogens is 1. The molecular weight excluding hydrogens is 525 g/mol. The molecule has 0 bridgehead atoms. The van der Waals surface area contributed by atoms with Crippen molar-refractivity contribution < 1.29 is 9.30 Å². The highest BCUT2D eigenvalue weighted by molar-refractivity contribution is 7.71. The Bertz CT molecular complexity index is 1800. The summed E-state index contributed by atoms with van der Waals surface area (Å²) in [6.45, 7) is 7.16. The first kappa shape index (κ1) is 24.8. The minimum Gasteiger partial charge on any atom is -0.489 e. The average Bonchev–Trinajstić information content (AvgIpc) is 3.41. The number of nitrogens with zero attached hydrogens (tertiary/aromatic N) is 6. The number of hydrogen-bond donors (Lipinski definition) is 3. The molecule has 40 heavy (non-hydrogen) atoms. The molecular formula is C28H30N9O2P. The Morgan fingerprint density at radius 3 is 2.80 bits per heavy atom. The normalized spacial score (nSPS) is 17.4. The van der Waals surface area contributed by atoms with E-state index in [1.54, 1.807) is 25.7 Å². The standard InChI is InChI=1S/C28H30N9O2P/c1-36-12-13-37-18(15-36)16-39-23-14-17(4-7-22(23)37)32-28-34-26-19(8-9-31-26)27(35-28)33-21-6-5-20-24(30-11-10-29-20)25(21)40(2,3)38/h4-11,14,18H,12-13,15-16H2,1-3H3,(H3,31,32,33,34,35)/t18-/m1/s1. The summed E-state index contributed by atoms with van der Waals surface area (Å²) >= 11 is 0. The van der Waals surface area contributed by atoms with E-state index >= 15 is 0 Å². The van der Waals surface area contributed by atoms with Gasteiger partial charge in [0.15, 0.2) is 0 Å². The molecule has 204 valence electrons. The van der Waals surface area contributed by atoms with Crippen molar-refractivity contribution >= 4 is 63.3 Å². The maximum absolute atomic E-state index is 13.4. The molecule has 3 N–H and O–H groups in total. The Morgan fingerprint density at radius 2 is 1.93 bits per heavy atom. The highest BCUT2D eigenvalue weighted by atomic mass is 31.2. The van der Waals surface area contributed by atoms with Crippen LogP contribution in [0.2, 0.25) is 0 Å². The molecule has 11 nitrogen and oxygen atoms in total. The summed E-state index contributed by atoms with van der Waals surface area (Å²) in [4.78, 5) is 26.4. The van der Waals surface area contributed by atoms with Crippen LogP contribution >= 0.6 is 7.14 Å². The molecule has 1 atom stereocenters. The molecule has 0 unspecified atom stereocenters. The van der Waals surface area contributed by atoms with Crippen molar-refractivity contribution in [1.82, 2.24) is 29.8 Å². The van der Waals surface area contributed by atoms with Gasteiger partial charge in [-0.15, -0.1) is 0 Å². The van der Waals surface area contributed by atoms with E-state index in [1.807, 2.05) is 36.5 Å². The van der Waals surface area contributed by atoms with Gasteiger partial charge in [0, 0.05) is 50.0 Å². The lowest BCUT2D eigenvalue weighted by atomic mass is 10.1. The molecule has 2 aromatic carbocycles. The monoisotopic (exact) mass is 555 g/mol. The van der Waals surface area contributed by atoms with Gasteiger partial charge in [-0.25, -0.2) is 0 Å². The van der Waals surface area contributed by atoms with E-state index in [2.05, 4.69) is 53.5 Å². The van der Waals surface area contributed by atoms with Crippen molar-refractivity contribution in [3.05, 3.63) is 55.0 Å². The number of nitrogens with one attached hydrogen (secondary N) is 3. The summed E-state index contributed by atoms with van der Waals surface area (Å²) in [5.41, 5.74) is 4.62. The highest BCUT2D eigenvalue weighted by Crippen LogP contribution is 2.41. The van der Waals surface area contributed by atoms with Crippen LogP contribution in [0.15, 0.2) is 55.0 Å². The van der Waals surface area contributed by atoms with Crippen LogP contribution in [0.4, 0.5) is 28.8 Å². The number of aromatic amines is 1. The Morgan fingerprint density at radius 1 is 1.05 bits per heavy atom. The van der Waals surface area contributed by atoms with Crippen LogP contribution in [0.5, 0.6) is 5.75 Å². The van der Waals surface area contributed by atoms with Crippen molar-refractivity contribution in [3.8, 4) is 5.75 Å². The maximum Gasteiger partial charge on any atom is 0.231 e. The summed E-state index contributed by atoms with van der Waals surface area (Å²) in [5.74, 6) is 1.86. The number of anilines is 5. The lowest BCUT2D eigenvalue weighted by Gasteiger charge is -2.44. The summed E-state index contributed by atoms with van der Waals surface area (Å²) in [7, 11) is -0.574. The first-order valence-electron chi connectivity index (χ1n) is 13.2. The van der Waals surface area contributed by atoms with Gasteiger partial charge in [-0.2, -0.15) is 9.97 Å². The molecule has 0 saturated carbocycles. The fourth-order valence-electron chi connectivity index (χ4n) is 5.62. The smallest absolute Gasteiger partial charge is 0.231 e. The SMILES string of the molecule is CN1CCN2c3ccc(Nc4nc(Nc5ccc6nccnc6c5P(C)(C)=O)c5cc[nH]c5n4)cc3OC[C@H]2C1. The van der Waals surface area contributed by atoms with Gasteiger partial charge in [0.25, 0.3) is 0 Å². The molecule has 2 aliphatic rings. The molecule has 12 heteroatoms. The molecule has 0 aliphatic carbocycles. The fourth-order valence-corrected chi connectivity index (χ4v) is 7.01. The Labute approximate surface area is 231 Å². The van der Waals surface area contributed by atoms with Gasteiger partial charge in [0.05, 0.1) is 33.6 Å². The fraction of sp³-hybridized carbons (Fsp3) is 0.286. The van der Waals surface area contributed by atoms with Gasteiger partial charge in [0.1, 0.15) is 36.5 Å². The number of piperazine rings is 1. The zero-order valence-electron chi connectivity index (χ0n) is 22.5. The minimum absolute atomic E-state index is 0.366. The number of ether oxygens (including phenoxy) is 1. The van der Waals surface area contributed by atoms with Crippen molar-refractivity contribution in [3.63, 3.8) is 0 Å². The second-order valence-corrected chi connectivity index (χ2v) is 13.9. The zero-order valence-corrected chi connectivity index (χ0v) is 23.4. The maximum atomic E-state index is 13.4. The van der Waals surface area contributed by atoms with Gasteiger partial charge in [-0.1, -0.05) is 0 Å². The molecule has 5 heterocycles. The van der Waals surface area contributed by atoms with Gasteiger partial charge < -0.3 is 34.7 Å². The highest BCUT2D eigenvalue weighted by Gasteiger charge is 2.32. The van der Waals surface area contributed by atoms with Crippen LogP contribution < -0.4 is 25.6 Å². The van der Waals surface area contributed by atoms with Crippen LogP contribution in [0, 0.1) is 0 Å². The van der Waals surface area contributed by atoms with E-state index in [4.69, 9.17) is 9.72 Å². The van der Waals surface area contributed by atoms with Crippen LogP contribution in [0.1, 0.15) is 0 Å². The number of likely N-dealkylation sites (N-methyl/N-ethyl adjacent to an activating group) is 1. The van der Waals surface area contributed by atoms with Gasteiger partial charge in [0.2, 0.25) is 5.95 Å². The van der Waals surface area contributed by atoms with Crippen molar-refractivity contribution in [2.75, 3.05) is 62.2 Å². The molecule has 3 aromatic heterocycles. The Kier molecular flexibility index (Phi) is 5.87. The number of fused-ring (bicyclic) bond motifs is 5. The second-order valence-electron chi connectivity index (χ2n) is 10.7. The summed E-state index contributed by atoms with van der Waals surface area (Å²) in [6, 6.07) is 12.2. The van der Waals surface area contributed by atoms with E-state index in [9.17, 15) is 4.57 Å². The molecule has 2 aliphatic heterocycles. The van der Waals surface area contributed by atoms with Crippen LogP contribution in [0.25, 0.3) is 22.1 Å². The predicted molar refractivity (Wildman–Crippen MR) is 160 cm³/mol. The first-order chi connectivity index (χ1) is 19.3. The van der Waals surface area contributed by atoms with Crippen LogP contribution in [-0.4, -0.2) is 82.5 Å². The van der Waals surface area contributed by atoms with E-state index in [0.717, 1.165) is 42.1 Å². The molecule has 5 aromatic rings. The lowest BCUT2D eigenvalue weighted by molar-refractivity contribution is 0.188. The topological polar surface area (TPSA) is 124 Å². The van der Waals surface area contributed by atoms with E-state index in [-0.39, 0.29) is 0 Å². The van der Waals surface area contributed by atoms with Crippen LogP contribution in [-0.2, 0) is 4.57 Å². The number of hydrogen-bond acceptors (Lipinski definition) is 10. The van der Waals surface area contributed by atoms with Gasteiger partial charge in [-0.3, -0.25) is 9.97 Å². The third-order valence-electron chi connectivity index (χ3n) is 7.46. The van der Waals surface area contributed by atoms with Gasteiger partial charge in [-0.05, 0) is 50.7 Å². The minimum atomic E-state index is -2.73. The molecule has 0 amide bonds. The first-order valence-corrected chi connectivity index (χ1v) is 15.8. The number of benzene rings is 2. The molecule has 1 fully saturated rings. The van der Waals surface area contributed by atoms with Crippen molar-refractivity contribution in [2.45, 2.75) is 6.04 Å². The molecule has 0 spiro atoms. The quantitative estimate of drug-likeness (QED) is 0.273. The molecule has 7 rings (SSSR count). The summed E-state index contributed by atoms with van der Waals surface area (Å²) in [6.07, 6.45) is 5.08. The van der Waals surface area contributed by atoms with Crippen LogP contribution in [0.3, 0.4) is 0 Å². The van der Waals surface area contributed by atoms with Gasteiger partial charge >= 0.3 is 0 Å². The summed E-state index contributed by atoms with van der Waals surface area (Å²) < 4.78 is 19.6. The van der Waals surface area contributed by atoms with Crippen molar-refractivity contribution in [2.24, 2.45) is 0 Å². The molecule has 0 radical (unpaired) electrons. The summed E-state index contributed by atoms with van der Waals surface area (Å²) in [5, 5.41) is 8.23. The Hall–Kier alpha value is -4.21. The Balaban J connectivity index is 1.23. The lowest BCUT2D eigenvalue weighted by Crippen LogP contribution is -2.56. The molecule has 1 saturated heterocycles. The largest absolute Gasteiger partial charge is 0.489 e. The third-order valence-corrected chi connectivity index (χ3v) is 8.99. The second kappa shape index (κ2) is 9.46. The van der Waals surface area contributed by atoms with E-state index < -0.39 is 7.14 Å². The number of rotatable bonds is 5. The third kappa shape index (κ3) is 4.41. The number of aromatic nitrogens is 5.